The quantitative estimate of drug-likeness (QED) is 0.871. The molecule has 1 unspecified atom stereocenters. The average molecular weight is 235 g/mol. The van der Waals surface area contributed by atoms with Crippen LogP contribution in [0.1, 0.15) is 40.4 Å². The highest BCUT2D eigenvalue weighted by Crippen LogP contribution is 2.69. The fraction of sp³-hybridized carbons (Fsp3) is 0.786. The van der Waals surface area contributed by atoms with E-state index in [4.69, 9.17) is 5.73 Å². The van der Waals surface area contributed by atoms with E-state index >= 15 is 0 Å². The van der Waals surface area contributed by atoms with Crippen LogP contribution in [0.5, 0.6) is 0 Å². The van der Waals surface area contributed by atoms with Crippen molar-refractivity contribution in [1.82, 2.24) is 9.55 Å². The maximum atomic E-state index is 6.39. The average Bonchev–Trinajstić information content (AvgIpc) is 2.57. The molecule has 1 fully saturated rings. The Hall–Kier alpha value is -0.830. The molecule has 1 aromatic rings. The van der Waals surface area contributed by atoms with Crippen molar-refractivity contribution in [1.29, 1.82) is 0 Å². The molecule has 0 radical (unpaired) electrons. The fourth-order valence-electron chi connectivity index (χ4n) is 3.46. The molecule has 0 bridgehead atoms. The third-order valence-electron chi connectivity index (χ3n) is 5.12. The van der Waals surface area contributed by atoms with E-state index in [2.05, 4.69) is 44.2 Å². The Morgan fingerprint density at radius 2 is 1.94 bits per heavy atom. The molecule has 1 atom stereocenters. The van der Waals surface area contributed by atoms with Gasteiger partial charge in [0.2, 0.25) is 0 Å². The third-order valence-corrected chi connectivity index (χ3v) is 5.12. The summed E-state index contributed by atoms with van der Waals surface area (Å²) in [6.45, 7) is 12.4. The van der Waals surface area contributed by atoms with Crippen molar-refractivity contribution in [2.45, 2.75) is 53.6 Å². The van der Waals surface area contributed by atoms with E-state index in [0.29, 0.717) is 16.7 Å². The summed E-state index contributed by atoms with van der Waals surface area (Å²) in [4.78, 5) is 4.42. The summed E-state index contributed by atoms with van der Waals surface area (Å²) in [5.41, 5.74) is 7.11. The van der Waals surface area contributed by atoms with Gasteiger partial charge in [-0.05, 0) is 23.7 Å². The van der Waals surface area contributed by atoms with Crippen molar-refractivity contribution in [3.05, 3.63) is 18.2 Å². The lowest BCUT2D eigenvalue weighted by Crippen LogP contribution is -2.29. The molecule has 96 valence electrons. The Kier molecular flexibility index (Phi) is 2.85. The molecular formula is C14H25N3. The maximum absolute atomic E-state index is 6.39. The summed E-state index contributed by atoms with van der Waals surface area (Å²) in [5.74, 6) is 1.72. The van der Waals surface area contributed by atoms with Gasteiger partial charge >= 0.3 is 0 Å². The zero-order chi connectivity index (χ0) is 12.8. The van der Waals surface area contributed by atoms with Crippen LogP contribution in [-0.4, -0.2) is 15.6 Å². The molecule has 1 heterocycles. The number of rotatable bonds is 4. The molecule has 0 saturated heterocycles. The molecule has 0 amide bonds. The smallest absolute Gasteiger partial charge is 0.110 e. The monoisotopic (exact) mass is 235 g/mol. The van der Waals surface area contributed by atoms with Gasteiger partial charge in [0.25, 0.3) is 0 Å². The van der Waals surface area contributed by atoms with E-state index in [0.717, 1.165) is 18.8 Å². The highest BCUT2D eigenvalue weighted by molar-refractivity contribution is 5.17. The standard InChI is InChI=1S/C14H25N3/c1-6-17-8-7-16-11(17)9-10(15)12-13(2,3)14(12,4)5/h7-8,10,12H,6,9,15H2,1-5H3. The number of nitrogens with two attached hydrogens (primary N) is 1. The number of aryl methyl sites for hydroxylation is 1. The first kappa shape index (κ1) is 12.6. The van der Waals surface area contributed by atoms with E-state index in [1.54, 1.807) is 0 Å². The number of aromatic nitrogens is 2. The van der Waals surface area contributed by atoms with Crippen molar-refractivity contribution in [2.24, 2.45) is 22.5 Å². The van der Waals surface area contributed by atoms with Crippen molar-refractivity contribution in [2.75, 3.05) is 0 Å². The fourth-order valence-corrected chi connectivity index (χ4v) is 3.46. The first-order valence-corrected chi connectivity index (χ1v) is 6.58. The van der Waals surface area contributed by atoms with Crippen LogP contribution in [0, 0.1) is 16.7 Å². The van der Waals surface area contributed by atoms with Crippen LogP contribution in [0.25, 0.3) is 0 Å². The molecule has 1 saturated carbocycles. The molecule has 3 nitrogen and oxygen atoms in total. The first-order valence-electron chi connectivity index (χ1n) is 6.58. The van der Waals surface area contributed by atoms with Gasteiger partial charge in [0.15, 0.2) is 0 Å². The Morgan fingerprint density at radius 3 is 2.41 bits per heavy atom. The lowest BCUT2D eigenvalue weighted by atomic mass is 10.0. The van der Waals surface area contributed by atoms with Gasteiger partial charge < -0.3 is 10.3 Å². The lowest BCUT2D eigenvalue weighted by Gasteiger charge is -2.14. The second-order valence-electron chi connectivity index (χ2n) is 6.42. The minimum absolute atomic E-state index is 0.215. The Balaban J connectivity index is 2.07. The predicted molar refractivity (Wildman–Crippen MR) is 70.6 cm³/mol. The Bertz CT molecular complexity index is 389. The molecule has 1 aliphatic rings. The molecule has 1 aromatic heterocycles. The highest BCUT2D eigenvalue weighted by Gasteiger charge is 2.66. The molecule has 0 spiro atoms. The van der Waals surface area contributed by atoms with Gasteiger partial charge in [-0.1, -0.05) is 27.7 Å². The molecule has 17 heavy (non-hydrogen) atoms. The van der Waals surface area contributed by atoms with Crippen LogP contribution >= 0.6 is 0 Å². The molecular weight excluding hydrogens is 210 g/mol. The van der Waals surface area contributed by atoms with Crippen molar-refractivity contribution < 1.29 is 0 Å². The molecule has 0 aromatic carbocycles. The molecule has 1 aliphatic carbocycles. The van der Waals surface area contributed by atoms with Gasteiger partial charge in [0.1, 0.15) is 5.82 Å². The summed E-state index contributed by atoms with van der Waals surface area (Å²) < 4.78 is 2.18. The van der Waals surface area contributed by atoms with Crippen molar-refractivity contribution >= 4 is 0 Å². The normalized spacial score (nSPS) is 23.6. The van der Waals surface area contributed by atoms with Gasteiger partial charge in [-0.2, -0.15) is 0 Å². The number of nitrogens with zero attached hydrogens (tertiary/aromatic N) is 2. The lowest BCUT2D eigenvalue weighted by molar-refractivity contribution is 0.457. The van der Waals surface area contributed by atoms with E-state index in [9.17, 15) is 0 Å². The molecule has 0 aliphatic heterocycles. The number of imidazole rings is 1. The van der Waals surface area contributed by atoms with Crippen LogP contribution in [0.4, 0.5) is 0 Å². The molecule has 2 rings (SSSR count). The summed E-state index contributed by atoms with van der Waals surface area (Å²) in [6.07, 6.45) is 4.79. The van der Waals surface area contributed by atoms with Crippen LogP contribution in [0.15, 0.2) is 12.4 Å². The SMILES string of the molecule is CCn1ccnc1CC(N)C1C(C)(C)C1(C)C. The predicted octanol–water partition coefficient (Wildman–Crippen LogP) is 2.46. The second-order valence-corrected chi connectivity index (χ2v) is 6.42. The van der Waals surface area contributed by atoms with Crippen LogP contribution in [0.2, 0.25) is 0 Å². The minimum Gasteiger partial charge on any atom is -0.335 e. The molecule has 3 heteroatoms. The van der Waals surface area contributed by atoms with Gasteiger partial charge in [-0.3, -0.25) is 0 Å². The van der Waals surface area contributed by atoms with Gasteiger partial charge in [0, 0.05) is 31.4 Å². The largest absolute Gasteiger partial charge is 0.335 e. The third kappa shape index (κ3) is 1.81. The highest BCUT2D eigenvalue weighted by atomic mass is 15.1. The number of hydrogen-bond donors (Lipinski definition) is 1. The zero-order valence-corrected chi connectivity index (χ0v) is 11.7. The maximum Gasteiger partial charge on any atom is 0.110 e. The van der Waals surface area contributed by atoms with Crippen LogP contribution < -0.4 is 5.73 Å². The van der Waals surface area contributed by atoms with Gasteiger partial charge in [-0.25, -0.2) is 4.98 Å². The Labute approximate surface area is 104 Å². The zero-order valence-electron chi connectivity index (χ0n) is 11.7. The van der Waals surface area contributed by atoms with Crippen molar-refractivity contribution in [3.8, 4) is 0 Å². The van der Waals surface area contributed by atoms with E-state index < -0.39 is 0 Å². The van der Waals surface area contributed by atoms with E-state index in [-0.39, 0.29) is 6.04 Å². The topological polar surface area (TPSA) is 43.8 Å². The van der Waals surface area contributed by atoms with Crippen LogP contribution in [-0.2, 0) is 13.0 Å². The second kappa shape index (κ2) is 3.84. The summed E-state index contributed by atoms with van der Waals surface area (Å²) in [5, 5.41) is 0. The molecule has 2 N–H and O–H groups in total. The minimum atomic E-state index is 0.215. The van der Waals surface area contributed by atoms with Crippen LogP contribution in [0.3, 0.4) is 0 Å². The number of hydrogen-bond acceptors (Lipinski definition) is 2. The van der Waals surface area contributed by atoms with E-state index in [1.807, 2.05) is 12.4 Å². The van der Waals surface area contributed by atoms with Crippen molar-refractivity contribution in [3.63, 3.8) is 0 Å². The first-order chi connectivity index (χ1) is 7.82. The summed E-state index contributed by atoms with van der Waals surface area (Å²) >= 11 is 0. The summed E-state index contributed by atoms with van der Waals surface area (Å²) in [7, 11) is 0. The van der Waals surface area contributed by atoms with Gasteiger partial charge in [-0.15, -0.1) is 0 Å². The van der Waals surface area contributed by atoms with Gasteiger partial charge in [0.05, 0.1) is 0 Å². The Morgan fingerprint density at radius 1 is 1.35 bits per heavy atom. The summed E-state index contributed by atoms with van der Waals surface area (Å²) in [6, 6.07) is 0.215. The van der Waals surface area contributed by atoms with E-state index in [1.165, 1.54) is 0 Å².